The van der Waals surface area contributed by atoms with E-state index in [2.05, 4.69) is 16.0 Å². The maximum absolute atomic E-state index is 12.0. The van der Waals surface area contributed by atoms with Crippen LogP contribution in [0.4, 0.5) is 4.79 Å². The molecule has 1 aromatic rings. The molecule has 0 aromatic heterocycles. The van der Waals surface area contributed by atoms with Gasteiger partial charge in [0.25, 0.3) is 0 Å². The lowest BCUT2D eigenvalue weighted by molar-refractivity contribution is -0.122. The van der Waals surface area contributed by atoms with Crippen molar-refractivity contribution < 1.29 is 9.59 Å². The molecule has 6 heteroatoms. The number of amides is 3. The van der Waals surface area contributed by atoms with Crippen LogP contribution in [0, 0.1) is 0 Å². The van der Waals surface area contributed by atoms with Gasteiger partial charge in [-0.2, -0.15) is 0 Å². The van der Waals surface area contributed by atoms with Gasteiger partial charge in [-0.3, -0.25) is 4.79 Å². The SMILES string of the molecule is CCCNC(=O)C(C)NC(=O)NC(CC)c1ccc(Cl)cc1. The van der Waals surface area contributed by atoms with Gasteiger partial charge in [-0.25, -0.2) is 4.79 Å². The third kappa shape index (κ3) is 5.93. The number of benzene rings is 1. The first-order valence-corrected chi connectivity index (χ1v) is 7.95. The number of halogens is 1. The molecule has 1 aromatic carbocycles. The molecule has 3 N–H and O–H groups in total. The average molecular weight is 326 g/mol. The largest absolute Gasteiger partial charge is 0.354 e. The van der Waals surface area contributed by atoms with Crippen LogP contribution in [0.25, 0.3) is 0 Å². The molecule has 0 heterocycles. The number of urea groups is 1. The lowest BCUT2D eigenvalue weighted by atomic mass is 10.1. The zero-order valence-corrected chi connectivity index (χ0v) is 14.0. The zero-order valence-electron chi connectivity index (χ0n) is 13.3. The second-order valence-electron chi connectivity index (χ2n) is 5.14. The molecule has 2 unspecified atom stereocenters. The molecular formula is C16H24ClN3O2. The fraction of sp³-hybridized carbons (Fsp3) is 0.500. The second-order valence-corrected chi connectivity index (χ2v) is 5.58. The predicted octanol–water partition coefficient (Wildman–Crippen LogP) is 3.01. The lowest BCUT2D eigenvalue weighted by Crippen LogP contribution is -2.49. The minimum absolute atomic E-state index is 0.122. The van der Waals surface area contributed by atoms with Gasteiger partial charge in [-0.15, -0.1) is 0 Å². The molecule has 2 atom stereocenters. The van der Waals surface area contributed by atoms with Crippen molar-refractivity contribution in [2.24, 2.45) is 0 Å². The summed E-state index contributed by atoms with van der Waals surface area (Å²) in [5.41, 5.74) is 0.977. The van der Waals surface area contributed by atoms with Crippen LogP contribution < -0.4 is 16.0 Å². The van der Waals surface area contributed by atoms with E-state index >= 15 is 0 Å². The van der Waals surface area contributed by atoms with Crippen LogP contribution in [0.3, 0.4) is 0 Å². The summed E-state index contributed by atoms with van der Waals surface area (Å²) >= 11 is 5.87. The zero-order chi connectivity index (χ0) is 16.5. The Morgan fingerprint density at radius 3 is 2.32 bits per heavy atom. The van der Waals surface area contributed by atoms with Crippen molar-refractivity contribution in [3.05, 3.63) is 34.9 Å². The van der Waals surface area contributed by atoms with Crippen LogP contribution in [-0.4, -0.2) is 24.5 Å². The highest BCUT2D eigenvalue weighted by Crippen LogP contribution is 2.18. The molecule has 0 radical (unpaired) electrons. The molecule has 0 saturated heterocycles. The summed E-state index contributed by atoms with van der Waals surface area (Å²) in [7, 11) is 0. The number of nitrogens with one attached hydrogen (secondary N) is 3. The van der Waals surface area contributed by atoms with Crippen LogP contribution in [0.15, 0.2) is 24.3 Å². The number of hydrogen-bond donors (Lipinski definition) is 3. The van der Waals surface area contributed by atoms with Crippen molar-refractivity contribution in [1.82, 2.24) is 16.0 Å². The molecule has 3 amide bonds. The van der Waals surface area contributed by atoms with Gasteiger partial charge in [0.05, 0.1) is 6.04 Å². The monoisotopic (exact) mass is 325 g/mol. The van der Waals surface area contributed by atoms with E-state index < -0.39 is 6.04 Å². The molecular weight excluding hydrogens is 302 g/mol. The van der Waals surface area contributed by atoms with Gasteiger partial charge in [-0.05, 0) is 37.5 Å². The van der Waals surface area contributed by atoms with E-state index in [1.165, 1.54) is 0 Å². The molecule has 0 saturated carbocycles. The summed E-state index contributed by atoms with van der Waals surface area (Å²) < 4.78 is 0. The van der Waals surface area contributed by atoms with Crippen molar-refractivity contribution in [3.63, 3.8) is 0 Å². The van der Waals surface area contributed by atoms with Gasteiger partial charge in [0.1, 0.15) is 6.04 Å². The average Bonchev–Trinajstić information content (AvgIpc) is 2.51. The number of rotatable bonds is 7. The Bertz CT molecular complexity index is 491. The normalized spacial score (nSPS) is 13.1. The molecule has 0 aliphatic rings. The van der Waals surface area contributed by atoms with E-state index in [0.717, 1.165) is 18.4 Å². The molecule has 1 rings (SSSR count). The smallest absolute Gasteiger partial charge is 0.315 e. The van der Waals surface area contributed by atoms with E-state index in [1.54, 1.807) is 19.1 Å². The van der Waals surface area contributed by atoms with Crippen molar-refractivity contribution in [2.45, 2.75) is 45.7 Å². The summed E-state index contributed by atoms with van der Waals surface area (Å²) in [5.74, 6) is -0.184. The van der Waals surface area contributed by atoms with E-state index in [-0.39, 0.29) is 18.0 Å². The molecule has 0 aliphatic heterocycles. The summed E-state index contributed by atoms with van der Waals surface area (Å²) in [6.45, 7) is 6.22. The first-order chi connectivity index (χ1) is 10.5. The molecule has 0 aliphatic carbocycles. The molecule has 0 spiro atoms. The van der Waals surface area contributed by atoms with Crippen molar-refractivity contribution in [1.29, 1.82) is 0 Å². The van der Waals surface area contributed by atoms with Crippen LogP contribution >= 0.6 is 11.6 Å². The molecule has 22 heavy (non-hydrogen) atoms. The summed E-state index contributed by atoms with van der Waals surface area (Å²) in [4.78, 5) is 23.7. The van der Waals surface area contributed by atoms with Gasteiger partial charge in [0, 0.05) is 11.6 Å². The Hall–Kier alpha value is -1.75. The van der Waals surface area contributed by atoms with Gasteiger partial charge >= 0.3 is 6.03 Å². The van der Waals surface area contributed by atoms with E-state index in [0.29, 0.717) is 11.6 Å². The Kier molecular flexibility index (Phi) is 7.74. The summed E-state index contributed by atoms with van der Waals surface area (Å²) in [5, 5.41) is 8.92. The van der Waals surface area contributed by atoms with Crippen LogP contribution in [-0.2, 0) is 4.79 Å². The van der Waals surface area contributed by atoms with Crippen molar-refractivity contribution >= 4 is 23.5 Å². The van der Waals surface area contributed by atoms with E-state index in [9.17, 15) is 9.59 Å². The molecule has 0 fully saturated rings. The number of hydrogen-bond acceptors (Lipinski definition) is 2. The molecule has 122 valence electrons. The first-order valence-electron chi connectivity index (χ1n) is 7.58. The van der Waals surface area contributed by atoms with Crippen molar-refractivity contribution in [2.75, 3.05) is 6.54 Å². The van der Waals surface area contributed by atoms with Gasteiger partial charge in [0.15, 0.2) is 0 Å². The maximum Gasteiger partial charge on any atom is 0.315 e. The van der Waals surface area contributed by atoms with Gasteiger partial charge in [-0.1, -0.05) is 37.6 Å². The topological polar surface area (TPSA) is 70.2 Å². The highest BCUT2D eigenvalue weighted by atomic mass is 35.5. The minimum atomic E-state index is -0.575. The first kappa shape index (κ1) is 18.3. The molecule has 5 nitrogen and oxygen atoms in total. The Labute approximate surface area is 136 Å². The second kappa shape index (κ2) is 9.30. The number of carbonyl (C=O) groups is 2. The Morgan fingerprint density at radius 2 is 1.77 bits per heavy atom. The molecule has 0 bridgehead atoms. The van der Waals surface area contributed by atoms with E-state index in [1.807, 2.05) is 26.0 Å². The third-order valence-electron chi connectivity index (χ3n) is 3.28. The summed E-state index contributed by atoms with van der Waals surface area (Å²) in [6.07, 6.45) is 1.60. The highest BCUT2D eigenvalue weighted by Gasteiger charge is 2.17. The maximum atomic E-state index is 12.0. The fourth-order valence-electron chi connectivity index (χ4n) is 1.98. The fourth-order valence-corrected chi connectivity index (χ4v) is 2.11. The standard InChI is InChI=1S/C16H24ClN3O2/c1-4-10-18-15(21)11(3)19-16(22)20-14(5-2)12-6-8-13(17)9-7-12/h6-9,11,14H,4-5,10H2,1-3H3,(H,18,21)(H2,19,20,22). The summed E-state index contributed by atoms with van der Waals surface area (Å²) in [6, 6.07) is 6.29. The van der Waals surface area contributed by atoms with E-state index in [4.69, 9.17) is 11.6 Å². The van der Waals surface area contributed by atoms with Gasteiger partial charge < -0.3 is 16.0 Å². The quantitative estimate of drug-likeness (QED) is 0.721. The van der Waals surface area contributed by atoms with Crippen LogP contribution in [0.1, 0.15) is 45.2 Å². The van der Waals surface area contributed by atoms with Crippen LogP contribution in [0.5, 0.6) is 0 Å². The lowest BCUT2D eigenvalue weighted by Gasteiger charge is -2.20. The minimum Gasteiger partial charge on any atom is -0.354 e. The third-order valence-corrected chi connectivity index (χ3v) is 3.53. The highest BCUT2D eigenvalue weighted by molar-refractivity contribution is 6.30. The van der Waals surface area contributed by atoms with Crippen molar-refractivity contribution in [3.8, 4) is 0 Å². The van der Waals surface area contributed by atoms with Crippen LogP contribution in [0.2, 0.25) is 5.02 Å². The Balaban J connectivity index is 2.54. The number of carbonyl (C=O) groups excluding carboxylic acids is 2. The Morgan fingerprint density at radius 1 is 1.14 bits per heavy atom. The van der Waals surface area contributed by atoms with Gasteiger partial charge in [0.2, 0.25) is 5.91 Å². The predicted molar refractivity (Wildman–Crippen MR) is 88.9 cm³/mol.